The summed E-state index contributed by atoms with van der Waals surface area (Å²) >= 11 is 6.24. The zero-order valence-corrected chi connectivity index (χ0v) is 33.1. The highest BCUT2D eigenvalue weighted by Gasteiger charge is 2.64. The molecule has 14 heteroatoms. The van der Waals surface area contributed by atoms with Crippen LogP contribution in [-0.4, -0.2) is 103 Å². The summed E-state index contributed by atoms with van der Waals surface area (Å²) in [6.45, 7) is 14.0. The van der Waals surface area contributed by atoms with Crippen molar-refractivity contribution in [3.63, 3.8) is 0 Å². The van der Waals surface area contributed by atoms with Gasteiger partial charge in [-0.05, 0) is 61.0 Å². The van der Waals surface area contributed by atoms with Gasteiger partial charge < -0.3 is 19.9 Å². The van der Waals surface area contributed by atoms with E-state index in [1.165, 1.54) is 0 Å². The van der Waals surface area contributed by atoms with Crippen molar-refractivity contribution in [1.29, 1.82) is 5.26 Å². The normalized spacial score (nSPS) is 25.8. The van der Waals surface area contributed by atoms with Crippen molar-refractivity contribution in [1.82, 2.24) is 20.4 Å². The number of carbonyl (C=O) groups excluding carboxylic acids is 5. The van der Waals surface area contributed by atoms with Crippen molar-refractivity contribution in [2.45, 2.75) is 64.8 Å². The third-order valence-electron chi connectivity index (χ3n) is 13.2. The minimum atomic E-state index is -0.975. The van der Waals surface area contributed by atoms with Crippen molar-refractivity contribution >= 4 is 52.5 Å². The Bertz CT molecular complexity index is 2270. The van der Waals surface area contributed by atoms with E-state index in [2.05, 4.69) is 59.1 Å². The number of hydrogen-bond donors (Lipinski definition) is 2. The summed E-state index contributed by atoms with van der Waals surface area (Å²) in [6.07, 6.45) is 0.0390. The lowest BCUT2D eigenvalue weighted by atomic mass is 9.49. The van der Waals surface area contributed by atoms with E-state index in [0.717, 1.165) is 55.5 Å². The van der Waals surface area contributed by atoms with Crippen molar-refractivity contribution in [2.24, 2.45) is 16.2 Å². The maximum atomic E-state index is 13.5. The number of hydrogen-bond acceptors (Lipinski definition) is 10. The molecule has 1 atom stereocenters. The van der Waals surface area contributed by atoms with Crippen LogP contribution < -0.4 is 25.2 Å². The van der Waals surface area contributed by atoms with Crippen LogP contribution >= 0.6 is 11.6 Å². The van der Waals surface area contributed by atoms with Crippen LogP contribution in [0.3, 0.4) is 0 Å². The number of rotatable bonds is 8. The lowest BCUT2D eigenvalue weighted by Crippen LogP contribution is -2.77. The number of nitrogens with zero attached hydrogens (tertiary/aromatic N) is 5. The van der Waals surface area contributed by atoms with Gasteiger partial charge >= 0.3 is 0 Å². The number of anilines is 2. The minimum absolute atomic E-state index is 0.0889. The lowest BCUT2D eigenvalue weighted by Gasteiger charge is -2.64. The van der Waals surface area contributed by atoms with Crippen molar-refractivity contribution in [2.75, 3.05) is 49.1 Å². The third kappa shape index (κ3) is 5.95. The van der Waals surface area contributed by atoms with Crippen LogP contribution in [0, 0.1) is 27.6 Å². The molecule has 1 aliphatic carbocycles. The Morgan fingerprint density at radius 2 is 1.53 bits per heavy atom. The molecule has 13 nitrogen and oxygen atoms in total. The molecule has 0 aromatic heterocycles. The number of nitrogens with one attached hydrogen (secondary N) is 2. The van der Waals surface area contributed by atoms with Gasteiger partial charge in [-0.15, -0.1) is 0 Å². The van der Waals surface area contributed by atoms with Gasteiger partial charge in [-0.1, -0.05) is 39.3 Å². The summed E-state index contributed by atoms with van der Waals surface area (Å²) in [6, 6.07) is 19.6. The first kappa shape index (κ1) is 37.1. The van der Waals surface area contributed by atoms with E-state index in [1.807, 2.05) is 30.3 Å². The molecule has 1 unspecified atom stereocenters. The first-order valence-corrected chi connectivity index (χ1v) is 19.8. The number of ether oxygens (including phenoxy) is 1. The number of imide groups is 2. The smallest absolute Gasteiger partial charge is 0.262 e. The Hall–Kier alpha value is -5.45. The van der Waals surface area contributed by atoms with Crippen LogP contribution in [0.25, 0.3) is 0 Å². The summed E-state index contributed by atoms with van der Waals surface area (Å²) in [4.78, 5) is 71.9. The second-order valence-electron chi connectivity index (χ2n) is 17.8. The summed E-state index contributed by atoms with van der Waals surface area (Å²) in [7, 11) is 0. The van der Waals surface area contributed by atoms with Gasteiger partial charge in [0.05, 0.1) is 21.7 Å². The average molecular weight is 790 g/mol. The van der Waals surface area contributed by atoms with Gasteiger partial charge in [-0.3, -0.25) is 39.1 Å². The molecule has 5 fully saturated rings. The van der Waals surface area contributed by atoms with E-state index >= 15 is 0 Å². The maximum absolute atomic E-state index is 13.5. The molecule has 5 aliphatic heterocycles. The molecule has 1 saturated carbocycles. The molecule has 0 radical (unpaired) electrons. The number of fused-ring (bicyclic) bond motifs is 1. The van der Waals surface area contributed by atoms with E-state index in [4.69, 9.17) is 16.3 Å². The molecule has 6 aliphatic rings. The summed E-state index contributed by atoms with van der Waals surface area (Å²) in [5, 5.41) is 15.1. The topological polar surface area (TPSA) is 155 Å². The Morgan fingerprint density at radius 3 is 2.18 bits per heavy atom. The fourth-order valence-corrected chi connectivity index (χ4v) is 10.6. The largest absolute Gasteiger partial charge is 0.489 e. The third-order valence-corrected chi connectivity index (χ3v) is 13.5. The molecule has 0 bridgehead atoms. The van der Waals surface area contributed by atoms with Gasteiger partial charge in [0.25, 0.3) is 17.7 Å². The van der Waals surface area contributed by atoms with Gasteiger partial charge in [-0.25, -0.2) is 0 Å². The predicted molar refractivity (Wildman–Crippen MR) is 211 cm³/mol. The molecule has 5 heterocycles. The van der Waals surface area contributed by atoms with E-state index in [0.29, 0.717) is 33.5 Å². The van der Waals surface area contributed by atoms with Crippen LogP contribution in [0.1, 0.15) is 77.2 Å². The predicted octanol–water partition coefficient (Wildman–Crippen LogP) is 4.24. The highest BCUT2D eigenvalue weighted by atomic mass is 35.5. The van der Waals surface area contributed by atoms with E-state index in [1.54, 1.807) is 30.3 Å². The number of nitriles is 1. The molecule has 5 amide bonds. The van der Waals surface area contributed by atoms with E-state index in [-0.39, 0.29) is 52.7 Å². The Kier molecular flexibility index (Phi) is 8.50. The molecular weight excluding hydrogens is 746 g/mol. The second kappa shape index (κ2) is 13.0. The van der Waals surface area contributed by atoms with Crippen molar-refractivity contribution in [3.8, 4) is 11.8 Å². The Labute approximate surface area is 335 Å². The van der Waals surface area contributed by atoms with E-state index < -0.39 is 29.7 Å². The quantitative estimate of drug-likeness (QED) is 0.317. The molecule has 294 valence electrons. The number of amides is 5. The average Bonchev–Trinajstić information content (AvgIpc) is 3.37. The number of halogens is 1. The number of piperidine rings is 1. The highest BCUT2D eigenvalue weighted by Crippen LogP contribution is 2.56. The zero-order chi connectivity index (χ0) is 40.2. The van der Waals surface area contributed by atoms with Crippen LogP contribution in [0.4, 0.5) is 11.4 Å². The first-order valence-electron chi connectivity index (χ1n) is 19.5. The van der Waals surface area contributed by atoms with Crippen LogP contribution in [0.2, 0.25) is 5.02 Å². The van der Waals surface area contributed by atoms with Crippen LogP contribution in [-0.2, 0) is 9.59 Å². The summed E-state index contributed by atoms with van der Waals surface area (Å²) < 4.78 is 6.37. The molecule has 9 rings (SSSR count). The lowest BCUT2D eigenvalue weighted by molar-refractivity contribution is -0.164. The van der Waals surface area contributed by atoms with Gasteiger partial charge in [0.15, 0.2) is 0 Å². The SMILES string of the molecule is CC1(C)[C@H](NC(=O)c2ccc(N3CC4(C3)CN(C3CN(c5ccc6c(c5)C(=O)N(C5CCC(=O)NC5=O)C6=O)C3)C4)cc2)C(C)(C)[C@H]1Oc1ccc(C#N)c(Cl)c1. The first-order chi connectivity index (χ1) is 27.1. The van der Waals surface area contributed by atoms with Crippen LogP contribution in [0.5, 0.6) is 5.75 Å². The molecule has 3 aromatic rings. The van der Waals surface area contributed by atoms with Gasteiger partial charge in [-0.2, -0.15) is 5.26 Å². The van der Waals surface area contributed by atoms with Crippen LogP contribution in [0.15, 0.2) is 60.7 Å². The maximum Gasteiger partial charge on any atom is 0.262 e. The van der Waals surface area contributed by atoms with Gasteiger partial charge in [0.2, 0.25) is 11.8 Å². The van der Waals surface area contributed by atoms with Crippen molar-refractivity contribution < 1.29 is 28.7 Å². The highest BCUT2D eigenvalue weighted by molar-refractivity contribution is 6.31. The summed E-state index contributed by atoms with van der Waals surface area (Å²) in [5.41, 5.74) is 3.13. The number of benzene rings is 3. The molecular formula is C43H44ClN7O6. The molecule has 57 heavy (non-hydrogen) atoms. The zero-order valence-electron chi connectivity index (χ0n) is 32.3. The number of carbonyl (C=O) groups is 5. The minimum Gasteiger partial charge on any atom is -0.489 e. The number of likely N-dealkylation sites (tertiary alicyclic amines) is 1. The van der Waals surface area contributed by atoms with E-state index in [9.17, 15) is 29.2 Å². The monoisotopic (exact) mass is 789 g/mol. The standard InChI is InChI=1S/C43H44ClN7O6/c1-41(2)39(42(3,4)40(41)57-29-11-7-25(17-45)32(44)16-29)47-35(53)24-5-8-26(9-6-24)49-20-43(21-49)22-50(23-43)28-18-48(19-28)27-10-12-30-31(15-27)38(56)51(37(30)55)33-13-14-34(52)46-36(33)54/h5-12,15-16,28,33,39-40H,13-14,18-23H2,1-4H3,(H,47,53)(H,46,52,54)/t33?,39-,40-. The molecule has 4 saturated heterocycles. The molecule has 1 spiro atoms. The molecule has 3 aromatic carbocycles. The molecule has 2 N–H and O–H groups in total. The van der Waals surface area contributed by atoms with Gasteiger partial charge in [0, 0.05) is 97.0 Å². The second-order valence-corrected chi connectivity index (χ2v) is 18.3. The fourth-order valence-electron chi connectivity index (χ4n) is 10.4. The summed E-state index contributed by atoms with van der Waals surface area (Å²) in [5.74, 6) is -1.52. The van der Waals surface area contributed by atoms with Crippen molar-refractivity contribution in [3.05, 3.63) is 87.9 Å². The Morgan fingerprint density at radius 1 is 0.860 bits per heavy atom. The fraction of sp³-hybridized carbons (Fsp3) is 0.442. The Balaban J connectivity index is 0.740. The van der Waals surface area contributed by atoms with Gasteiger partial charge in [0.1, 0.15) is 24.0 Å².